The Balaban J connectivity index is 1.90. The lowest BCUT2D eigenvalue weighted by molar-refractivity contribution is 0.0520. The lowest BCUT2D eigenvalue weighted by Crippen LogP contribution is -2.25. The van der Waals surface area contributed by atoms with Crippen LogP contribution in [0.5, 0.6) is 0 Å². The van der Waals surface area contributed by atoms with Crippen molar-refractivity contribution < 1.29 is 18.7 Å². The molecule has 0 aliphatic rings. The lowest BCUT2D eigenvalue weighted by Gasteiger charge is -2.10. The number of carbonyl (C=O) groups excluding carboxylic acids is 2. The maximum atomic E-state index is 13.8. The molecule has 4 aromatic rings. The predicted octanol–water partition coefficient (Wildman–Crippen LogP) is 4.73. The molecule has 0 atom stereocenters. The van der Waals surface area contributed by atoms with Crippen molar-refractivity contribution in [2.24, 2.45) is 0 Å². The summed E-state index contributed by atoms with van der Waals surface area (Å²) in [5, 5.41) is 8.90. The normalized spacial score (nSPS) is 10.9. The molecule has 0 bridgehead atoms. The molecule has 158 valence electrons. The van der Waals surface area contributed by atoms with Crippen LogP contribution in [0, 0.1) is 5.82 Å². The van der Waals surface area contributed by atoms with E-state index in [0.29, 0.717) is 9.21 Å². The average Bonchev–Trinajstić information content (AvgIpc) is 3.35. The number of nitrogens with zero attached hydrogens (tertiary/aromatic N) is 2. The molecule has 31 heavy (non-hydrogen) atoms. The van der Waals surface area contributed by atoms with Gasteiger partial charge in [0, 0.05) is 10.8 Å². The van der Waals surface area contributed by atoms with Gasteiger partial charge in [-0.05, 0) is 37.3 Å². The van der Waals surface area contributed by atoms with E-state index in [1.807, 2.05) is 0 Å². The predicted molar refractivity (Wildman–Crippen MR) is 118 cm³/mol. The van der Waals surface area contributed by atoms with Crippen LogP contribution in [0.4, 0.5) is 9.39 Å². The first kappa shape index (κ1) is 21.2. The number of nitrogens with one attached hydrogen (secondary N) is 1. The van der Waals surface area contributed by atoms with Gasteiger partial charge in [-0.15, -0.1) is 22.7 Å². The summed E-state index contributed by atoms with van der Waals surface area (Å²) >= 11 is 8.05. The van der Waals surface area contributed by atoms with Gasteiger partial charge in [-0.25, -0.2) is 9.18 Å². The highest BCUT2D eigenvalue weighted by atomic mass is 35.5. The zero-order chi connectivity index (χ0) is 22.1. The van der Waals surface area contributed by atoms with Gasteiger partial charge in [0.05, 0.1) is 26.9 Å². The Morgan fingerprint density at radius 2 is 2.10 bits per heavy atom. The SMILES string of the molecule is CCOC(=O)c1nn(-c2cccc(F)c2)c(=O)c2c(NC(=O)c3ccc(Cl)s3)scc12. The van der Waals surface area contributed by atoms with Gasteiger partial charge in [0.15, 0.2) is 5.69 Å². The maximum Gasteiger partial charge on any atom is 0.359 e. The average molecular weight is 478 g/mol. The zero-order valence-electron chi connectivity index (χ0n) is 15.8. The first-order chi connectivity index (χ1) is 14.9. The maximum absolute atomic E-state index is 13.8. The molecule has 1 N–H and O–H groups in total. The Morgan fingerprint density at radius 3 is 2.77 bits per heavy atom. The number of anilines is 1. The van der Waals surface area contributed by atoms with Crippen molar-refractivity contribution in [3.8, 4) is 5.69 Å². The fraction of sp³-hybridized carbons (Fsp3) is 0.100. The van der Waals surface area contributed by atoms with Gasteiger partial charge >= 0.3 is 5.97 Å². The number of fused-ring (bicyclic) bond motifs is 1. The van der Waals surface area contributed by atoms with Crippen LogP contribution < -0.4 is 10.9 Å². The summed E-state index contributed by atoms with van der Waals surface area (Å²) in [5.74, 6) is -1.76. The molecule has 0 unspecified atom stereocenters. The monoisotopic (exact) mass is 477 g/mol. The quantitative estimate of drug-likeness (QED) is 0.420. The molecule has 0 aliphatic carbocycles. The molecule has 3 heterocycles. The standard InChI is InChI=1S/C20H13ClFN3O4S2/c1-2-29-20(28)16-12-9-30-18(23-17(26)13-6-7-14(21)31-13)15(12)19(27)25(24-16)11-5-3-4-10(22)8-11/h3-9H,2H2,1H3,(H,23,26). The third kappa shape index (κ3) is 4.09. The molecule has 4 rings (SSSR count). The number of benzene rings is 1. The minimum Gasteiger partial charge on any atom is -0.461 e. The van der Waals surface area contributed by atoms with Crippen LogP contribution in [-0.2, 0) is 4.74 Å². The van der Waals surface area contributed by atoms with E-state index >= 15 is 0 Å². The molecular formula is C20H13ClFN3O4S2. The number of hydrogen-bond acceptors (Lipinski definition) is 7. The summed E-state index contributed by atoms with van der Waals surface area (Å²) in [4.78, 5) is 38.7. The van der Waals surface area contributed by atoms with Gasteiger partial charge in [0.25, 0.3) is 11.5 Å². The van der Waals surface area contributed by atoms with Crippen molar-refractivity contribution in [2.45, 2.75) is 6.92 Å². The second-order valence-corrected chi connectivity index (χ2v) is 8.77. The second-order valence-electron chi connectivity index (χ2n) is 6.18. The van der Waals surface area contributed by atoms with Gasteiger partial charge in [-0.3, -0.25) is 9.59 Å². The first-order valence-electron chi connectivity index (χ1n) is 8.93. The molecule has 0 saturated heterocycles. The van der Waals surface area contributed by atoms with E-state index < -0.39 is 23.3 Å². The Kier molecular flexibility index (Phi) is 5.86. The zero-order valence-corrected chi connectivity index (χ0v) is 18.2. The molecule has 3 aromatic heterocycles. The number of rotatable bonds is 5. The number of hydrogen-bond donors (Lipinski definition) is 1. The van der Waals surface area contributed by atoms with E-state index in [1.165, 1.54) is 18.2 Å². The van der Waals surface area contributed by atoms with Gasteiger partial charge in [0.1, 0.15) is 10.8 Å². The van der Waals surface area contributed by atoms with Crippen LogP contribution in [0.25, 0.3) is 16.5 Å². The van der Waals surface area contributed by atoms with Gasteiger partial charge in [0.2, 0.25) is 0 Å². The summed E-state index contributed by atoms with van der Waals surface area (Å²) in [5.41, 5.74) is -0.600. The minimum absolute atomic E-state index is 0.0725. The molecule has 1 amide bonds. The summed E-state index contributed by atoms with van der Waals surface area (Å²) in [6.45, 7) is 1.75. The molecular weight excluding hydrogens is 465 g/mol. The molecule has 0 saturated carbocycles. The largest absolute Gasteiger partial charge is 0.461 e. The van der Waals surface area contributed by atoms with Gasteiger partial charge in [-0.2, -0.15) is 9.78 Å². The number of carbonyl (C=O) groups is 2. The summed E-state index contributed by atoms with van der Waals surface area (Å²) in [7, 11) is 0. The van der Waals surface area contributed by atoms with Crippen molar-refractivity contribution in [3.63, 3.8) is 0 Å². The smallest absolute Gasteiger partial charge is 0.359 e. The van der Waals surface area contributed by atoms with Crippen LogP contribution >= 0.6 is 34.3 Å². The highest BCUT2D eigenvalue weighted by Crippen LogP contribution is 2.32. The third-order valence-electron chi connectivity index (χ3n) is 4.20. The number of aromatic nitrogens is 2. The Hall–Kier alpha value is -3.08. The molecule has 1 aromatic carbocycles. The van der Waals surface area contributed by atoms with E-state index in [1.54, 1.807) is 24.4 Å². The molecule has 0 aliphatic heterocycles. The Bertz CT molecular complexity index is 1380. The lowest BCUT2D eigenvalue weighted by atomic mass is 10.2. The number of thiophene rings is 2. The molecule has 0 radical (unpaired) electrons. The number of esters is 1. The van der Waals surface area contributed by atoms with Gasteiger partial charge < -0.3 is 10.1 Å². The van der Waals surface area contributed by atoms with E-state index in [9.17, 15) is 18.8 Å². The first-order valence-corrected chi connectivity index (χ1v) is 11.0. The van der Waals surface area contributed by atoms with E-state index in [0.717, 1.165) is 33.4 Å². The number of amides is 1. The summed E-state index contributed by atoms with van der Waals surface area (Å²) in [6.07, 6.45) is 0. The molecule has 7 nitrogen and oxygen atoms in total. The second kappa shape index (κ2) is 8.58. The van der Waals surface area contributed by atoms with E-state index in [-0.39, 0.29) is 33.8 Å². The third-order valence-corrected chi connectivity index (χ3v) is 6.32. The highest BCUT2D eigenvalue weighted by molar-refractivity contribution is 7.18. The van der Waals surface area contributed by atoms with Crippen LogP contribution in [0.2, 0.25) is 4.34 Å². The van der Waals surface area contributed by atoms with Crippen molar-refractivity contribution in [2.75, 3.05) is 11.9 Å². The number of halogens is 2. The van der Waals surface area contributed by atoms with Crippen molar-refractivity contribution >= 4 is 61.9 Å². The van der Waals surface area contributed by atoms with E-state index in [2.05, 4.69) is 10.4 Å². The topological polar surface area (TPSA) is 90.3 Å². The fourth-order valence-corrected chi connectivity index (χ4v) is 4.75. The number of ether oxygens (including phenoxy) is 1. The van der Waals surface area contributed by atoms with Crippen LogP contribution in [0.1, 0.15) is 27.1 Å². The van der Waals surface area contributed by atoms with Crippen molar-refractivity contribution in [1.29, 1.82) is 0 Å². The Morgan fingerprint density at radius 1 is 1.29 bits per heavy atom. The highest BCUT2D eigenvalue weighted by Gasteiger charge is 2.23. The van der Waals surface area contributed by atoms with Gasteiger partial charge in [-0.1, -0.05) is 17.7 Å². The molecule has 0 fully saturated rings. The minimum atomic E-state index is -0.738. The molecule has 11 heteroatoms. The van der Waals surface area contributed by atoms with E-state index in [4.69, 9.17) is 16.3 Å². The van der Waals surface area contributed by atoms with Crippen LogP contribution in [0.15, 0.2) is 46.6 Å². The van der Waals surface area contributed by atoms with Crippen LogP contribution in [0.3, 0.4) is 0 Å². The van der Waals surface area contributed by atoms with Crippen LogP contribution in [-0.4, -0.2) is 28.3 Å². The van der Waals surface area contributed by atoms with Crippen molar-refractivity contribution in [1.82, 2.24) is 9.78 Å². The fourth-order valence-electron chi connectivity index (χ4n) is 2.88. The molecule has 0 spiro atoms. The summed E-state index contributed by atoms with van der Waals surface area (Å²) in [6, 6.07) is 8.40. The Labute approximate surface area is 187 Å². The summed E-state index contributed by atoms with van der Waals surface area (Å²) < 4.78 is 20.2. The van der Waals surface area contributed by atoms with Crippen molar-refractivity contribution in [3.05, 3.63) is 72.9 Å².